The lowest BCUT2D eigenvalue weighted by molar-refractivity contribution is 0.145. The number of nitrogens with one attached hydrogen (secondary N) is 2. The van der Waals surface area contributed by atoms with Crippen molar-refractivity contribution in [2.24, 2.45) is 12.0 Å². The number of aliphatic imine (C=N–C) groups is 1. The number of halogens is 2. The summed E-state index contributed by atoms with van der Waals surface area (Å²) >= 11 is 0. The highest BCUT2D eigenvalue weighted by molar-refractivity contribution is 14.0. The van der Waals surface area contributed by atoms with Crippen molar-refractivity contribution in [3.63, 3.8) is 0 Å². The maximum atomic E-state index is 13.5. The summed E-state index contributed by atoms with van der Waals surface area (Å²) in [6, 6.07) is 7.12. The minimum atomic E-state index is -0.192. The lowest BCUT2D eigenvalue weighted by atomic mass is 10.0. The standard InChI is InChI=1S/C22H34FN7O.HI/c1-4-31-14-6-11-24-22(25-16-21-28-27-17(2)29(21)3)26-19-9-12-30(13-10-19)20-8-5-7-18(23)15-20;/h5,7-8,15,19H,4,6,9-14,16H2,1-3H3,(H2,24,25,26);1H. The Hall–Kier alpha value is -1.95. The molecule has 0 atom stereocenters. The summed E-state index contributed by atoms with van der Waals surface area (Å²) in [6.07, 6.45) is 2.83. The predicted octanol–water partition coefficient (Wildman–Crippen LogP) is 3.01. The predicted molar refractivity (Wildman–Crippen MR) is 136 cm³/mol. The first-order valence-electron chi connectivity index (χ1n) is 11.0. The molecule has 32 heavy (non-hydrogen) atoms. The maximum Gasteiger partial charge on any atom is 0.191 e. The van der Waals surface area contributed by atoms with Crippen LogP contribution < -0.4 is 15.5 Å². The normalized spacial score (nSPS) is 14.9. The molecule has 0 bridgehead atoms. The van der Waals surface area contributed by atoms with E-state index in [-0.39, 0.29) is 29.8 Å². The molecule has 0 spiro atoms. The fourth-order valence-corrected chi connectivity index (χ4v) is 3.56. The third kappa shape index (κ3) is 7.88. The molecule has 3 rings (SSSR count). The van der Waals surface area contributed by atoms with Gasteiger partial charge in [0.2, 0.25) is 0 Å². The van der Waals surface area contributed by atoms with Crippen LogP contribution in [0.2, 0.25) is 0 Å². The van der Waals surface area contributed by atoms with Gasteiger partial charge in [-0.15, -0.1) is 34.2 Å². The van der Waals surface area contributed by atoms with Crippen molar-refractivity contribution in [2.45, 2.75) is 45.7 Å². The van der Waals surface area contributed by atoms with Gasteiger partial charge in [0.1, 0.15) is 18.2 Å². The first-order chi connectivity index (χ1) is 15.1. The molecule has 0 saturated carbocycles. The highest BCUT2D eigenvalue weighted by atomic mass is 127. The minimum Gasteiger partial charge on any atom is -0.382 e. The van der Waals surface area contributed by atoms with Gasteiger partial charge in [0.25, 0.3) is 0 Å². The SMILES string of the molecule is CCOCCCNC(=NCc1nnc(C)n1C)NC1CCN(c2cccc(F)c2)CC1.I. The van der Waals surface area contributed by atoms with Crippen LogP contribution in [-0.2, 0) is 18.3 Å². The Kier molecular flexibility index (Phi) is 11.1. The number of benzene rings is 1. The average Bonchev–Trinajstić information content (AvgIpc) is 3.10. The van der Waals surface area contributed by atoms with Gasteiger partial charge in [-0.2, -0.15) is 0 Å². The number of ether oxygens (including phenoxy) is 1. The van der Waals surface area contributed by atoms with Crippen molar-refractivity contribution < 1.29 is 9.13 Å². The van der Waals surface area contributed by atoms with Crippen LogP contribution in [0.1, 0.15) is 37.8 Å². The van der Waals surface area contributed by atoms with E-state index in [4.69, 9.17) is 9.73 Å². The number of hydrogen-bond acceptors (Lipinski definition) is 5. The summed E-state index contributed by atoms with van der Waals surface area (Å²) in [7, 11) is 1.95. The van der Waals surface area contributed by atoms with Gasteiger partial charge >= 0.3 is 0 Å². The van der Waals surface area contributed by atoms with Crippen molar-refractivity contribution in [1.82, 2.24) is 25.4 Å². The topological polar surface area (TPSA) is 79.6 Å². The molecular weight excluding hydrogens is 524 g/mol. The second kappa shape index (κ2) is 13.6. The molecule has 1 fully saturated rings. The van der Waals surface area contributed by atoms with Gasteiger partial charge < -0.3 is 24.8 Å². The molecule has 0 aliphatic carbocycles. The van der Waals surface area contributed by atoms with E-state index < -0.39 is 0 Å². The van der Waals surface area contributed by atoms with E-state index in [0.717, 1.165) is 75.4 Å². The van der Waals surface area contributed by atoms with Gasteiger partial charge in [-0.25, -0.2) is 9.38 Å². The Balaban J connectivity index is 0.00000363. The van der Waals surface area contributed by atoms with Crippen LogP contribution in [0.3, 0.4) is 0 Å². The van der Waals surface area contributed by atoms with Crippen molar-refractivity contribution >= 4 is 35.6 Å². The van der Waals surface area contributed by atoms with E-state index in [0.29, 0.717) is 12.6 Å². The van der Waals surface area contributed by atoms with E-state index in [1.54, 1.807) is 12.1 Å². The van der Waals surface area contributed by atoms with Crippen LogP contribution in [0.15, 0.2) is 29.3 Å². The summed E-state index contributed by atoms with van der Waals surface area (Å²) < 4.78 is 20.9. The van der Waals surface area contributed by atoms with Crippen molar-refractivity contribution in [3.8, 4) is 0 Å². The van der Waals surface area contributed by atoms with E-state index >= 15 is 0 Å². The number of guanidine groups is 1. The molecule has 1 aliphatic rings. The molecule has 2 N–H and O–H groups in total. The molecule has 1 aromatic carbocycles. The second-order valence-electron chi connectivity index (χ2n) is 7.75. The van der Waals surface area contributed by atoms with Crippen LogP contribution in [0.5, 0.6) is 0 Å². The summed E-state index contributed by atoms with van der Waals surface area (Å²) in [5.74, 6) is 2.28. The molecule has 10 heteroatoms. The molecular formula is C22H35FIN7O. The number of piperidine rings is 1. The van der Waals surface area contributed by atoms with Gasteiger partial charge in [-0.1, -0.05) is 6.07 Å². The molecule has 1 saturated heterocycles. The summed E-state index contributed by atoms with van der Waals surface area (Å²) in [6.45, 7) is 8.38. The van der Waals surface area contributed by atoms with Crippen molar-refractivity contribution in [2.75, 3.05) is 37.7 Å². The van der Waals surface area contributed by atoms with Gasteiger partial charge in [-0.05, 0) is 51.3 Å². The van der Waals surface area contributed by atoms with E-state index in [2.05, 4.69) is 25.7 Å². The molecule has 1 aliphatic heterocycles. The maximum absolute atomic E-state index is 13.5. The molecule has 0 amide bonds. The third-order valence-corrected chi connectivity index (χ3v) is 5.53. The highest BCUT2D eigenvalue weighted by Gasteiger charge is 2.20. The molecule has 178 valence electrons. The number of anilines is 1. The Morgan fingerprint density at radius 3 is 2.72 bits per heavy atom. The Morgan fingerprint density at radius 1 is 1.28 bits per heavy atom. The molecule has 2 aromatic rings. The third-order valence-electron chi connectivity index (χ3n) is 5.53. The van der Waals surface area contributed by atoms with Crippen molar-refractivity contribution in [3.05, 3.63) is 41.7 Å². The summed E-state index contributed by atoms with van der Waals surface area (Å²) in [5.41, 5.74) is 0.944. The summed E-state index contributed by atoms with van der Waals surface area (Å²) in [5, 5.41) is 15.3. The van der Waals surface area contributed by atoms with E-state index in [1.807, 2.05) is 31.5 Å². The number of aromatic nitrogens is 3. The lowest BCUT2D eigenvalue weighted by Gasteiger charge is -2.34. The lowest BCUT2D eigenvalue weighted by Crippen LogP contribution is -2.49. The fourth-order valence-electron chi connectivity index (χ4n) is 3.56. The Morgan fingerprint density at radius 2 is 2.06 bits per heavy atom. The number of rotatable bonds is 9. The summed E-state index contributed by atoms with van der Waals surface area (Å²) in [4.78, 5) is 6.97. The number of hydrogen-bond donors (Lipinski definition) is 2. The largest absolute Gasteiger partial charge is 0.382 e. The van der Waals surface area contributed by atoms with Gasteiger partial charge in [0.15, 0.2) is 11.8 Å². The Labute approximate surface area is 207 Å². The minimum absolute atomic E-state index is 0. The zero-order chi connectivity index (χ0) is 22.1. The number of aryl methyl sites for hydroxylation is 1. The van der Waals surface area contributed by atoms with Crippen LogP contribution in [0, 0.1) is 12.7 Å². The molecule has 1 aromatic heterocycles. The number of nitrogens with zero attached hydrogens (tertiary/aromatic N) is 5. The molecule has 8 nitrogen and oxygen atoms in total. The van der Waals surface area contributed by atoms with Crippen LogP contribution >= 0.6 is 24.0 Å². The highest BCUT2D eigenvalue weighted by Crippen LogP contribution is 2.20. The first kappa shape index (κ1) is 26.3. The zero-order valence-electron chi connectivity index (χ0n) is 19.2. The average molecular weight is 559 g/mol. The second-order valence-corrected chi connectivity index (χ2v) is 7.75. The van der Waals surface area contributed by atoms with Crippen LogP contribution in [-0.4, -0.2) is 59.6 Å². The zero-order valence-corrected chi connectivity index (χ0v) is 21.5. The first-order valence-corrected chi connectivity index (χ1v) is 11.0. The van der Waals surface area contributed by atoms with Crippen LogP contribution in [0.25, 0.3) is 0 Å². The quantitative estimate of drug-likeness (QED) is 0.213. The molecule has 2 heterocycles. The van der Waals surface area contributed by atoms with Gasteiger partial charge in [0.05, 0.1) is 0 Å². The molecule has 0 radical (unpaired) electrons. The van der Waals surface area contributed by atoms with E-state index in [9.17, 15) is 4.39 Å². The monoisotopic (exact) mass is 559 g/mol. The van der Waals surface area contributed by atoms with Gasteiger partial charge in [-0.3, -0.25) is 0 Å². The smallest absolute Gasteiger partial charge is 0.191 e. The van der Waals surface area contributed by atoms with Crippen LogP contribution in [0.4, 0.5) is 10.1 Å². The molecule has 0 unspecified atom stereocenters. The Bertz CT molecular complexity index is 853. The van der Waals surface area contributed by atoms with Crippen molar-refractivity contribution in [1.29, 1.82) is 0 Å². The van der Waals surface area contributed by atoms with Gasteiger partial charge in [0, 0.05) is 51.6 Å². The van der Waals surface area contributed by atoms with E-state index in [1.165, 1.54) is 6.07 Å². The fraction of sp³-hybridized carbons (Fsp3) is 0.591.